The second kappa shape index (κ2) is 24.6. The van der Waals surface area contributed by atoms with Gasteiger partial charge in [0.2, 0.25) is 0 Å². The van der Waals surface area contributed by atoms with Crippen LogP contribution in [0.1, 0.15) is 157 Å². The molecular weight excluding hydrogens is 1040 g/mol. The van der Waals surface area contributed by atoms with Crippen molar-refractivity contribution in [3.63, 3.8) is 0 Å². The molecule has 2 aliphatic rings. The molecule has 14 N–H and O–H groups in total. The molecule has 5 aromatic rings. The fraction of sp³-hybridized carbons (Fsp3) is 0.429. The number of rotatable bonds is 32. The Morgan fingerprint density at radius 3 is 0.850 bits per heavy atom. The van der Waals surface area contributed by atoms with Crippen LogP contribution in [0.15, 0.2) is 48.5 Å². The van der Waals surface area contributed by atoms with Crippen LogP contribution >= 0.6 is 0 Å². The number of carboxylic acids is 6. The van der Waals surface area contributed by atoms with Gasteiger partial charge in [-0.3, -0.25) is 67.3 Å². The maximum atomic E-state index is 14.2. The number of nitrogens with one attached hydrogen (secondary N) is 2. The van der Waals surface area contributed by atoms with Gasteiger partial charge in [0.15, 0.2) is 12.1 Å². The Hall–Kier alpha value is -8.64. The first-order valence-corrected chi connectivity index (χ1v) is 26.4. The van der Waals surface area contributed by atoms with Crippen LogP contribution in [0.2, 0.25) is 0 Å². The number of hydrogen-bond acceptors (Lipinski definition) is 12. The first-order valence-electron chi connectivity index (χ1n) is 26.4. The summed E-state index contributed by atoms with van der Waals surface area (Å²) in [5.41, 5.74) is 6.14. The number of carboxylic acid groups (broad SMARTS) is 6. The molecule has 80 heavy (non-hydrogen) atoms. The van der Waals surface area contributed by atoms with E-state index >= 15 is 0 Å². The molecule has 2 aliphatic heterocycles. The number of quaternary nitrogens is 2. The number of nitrogens with zero attached hydrogens (tertiary/aromatic N) is 2. The number of imide groups is 2. The Morgan fingerprint density at radius 2 is 0.625 bits per heavy atom. The molecule has 2 heterocycles. The molecule has 0 unspecified atom stereocenters. The lowest BCUT2D eigenvalue weighted by atomic mass is 9.82. The molecule has 5 aromatic carbocycles. The van der Waals surface area contributed by atoms with Crippen LogP contribution in [0.3, 0.4) is 0 Å². The molecule has 0 fully saturated rings. The SMILES string of the molecule is [NH3+][C@@H](CCCCN1C(=O)c2ccc3c4ccc5c6c(ccc(c7ccc(c2c37)C1=O)c64)C(=O)N(CCCC[C@H]([NH3+])C(=O)NC(CCC(=O)O)(CCC(=O)O)CCC(=O)O)C5=O)C(=O)NC(CCC(=O)O)(CCC(=O)O)CCC(=O)O. The summed E-state index contributed by atoms with van der Waals surface area (Å²) in [6.45, 7) is -0.0203. The van der Waals surface area contributed by atoms with Crippen molar-refractivity contribution in [1.82, 2.24) is 20.4 Å². The molecule has 7 rings (SSSR count). The van der Waals surface area contributed by atoms with E-state index in [2.05, 4.69) is 22.1 Å². The van der Waals surface area contributed by atoms with Crippen LogP contribution < -0.4 is 22.1 Å². The molecule has 424 valence electrons. The largest absolute Gasteiger partial charge is 0.481 e. The predicted molar refractivity (Wildman–Crippen MR) is 282 cm³/mol. The highest BCUT2D eigenvalue weighted by Crippen LogP contribution is 2.46. The Bertz CT molecular complexity index is 2940. The molecule has 0 saturated carbocycles. The quantitative estimate of drug-likeness (QED) is 0.0128. The van der Waals surface area contributed by atoms with Gasteiger partial charge in [0.1, 0.15) is 0 Å². The van der Waals surface area contributed by atoms with Crippen molar-refractivity contribution in [3.8, 4) is 0 Å². The van der Waals surface area contributed by atoms with Crippen LogP contribution in [-0.2, 0) is 38.4 Å². The van der Waals surface area contributed by atoms with Crippen LogP contribution in [0.25, 0.3) is 43.1 Å². The molecule has 2 atom stereocenters. The molecular formula is C56H64N6O18+2. The second-order valence-electron chi connectivity index (χ2n) is 21.0. The Labute approximate surface area is 455 Å². The van der Waals surface area contributed by atoms with E-state index in [-0.39, 0.29) is 99.6 Å². The highest BCUT2D eigenvalue weighted by Gasteiger charge is 2.40. The minimum Gasteiger partial charge on any atom is -0.481 e. The van der Waals surface area contributed by atoms with E-state index in [9.17, 15) is 88.2 Å². The van der Waals surface area contributed by atoms with Crippen LogP contribution in [0, 0.1) is 0 Å². The smallest absolute Gasteiger partial charge is 0.303 e. The van der Waals surface area contributed by atoms with Gasteiger partial charge >= 0.3 is 35.8 Å². The summed E-state index contributed by atoms with van der Waals surface area (Å²) in [5, 5.41) is 66.5. The average molecular weight is 1110 g/mol. The van der Waals surface area contributed by atoms with Gasteiger partial charge in [0, 0.05) is 109 Å². The zero-order valence-corrected chi connectivity index (χ0v) is 43.8. The van der Waals surface area contributed by atoms with E-state index in [0.29, 0.717) is 55.9 Å². The van der Waals surface area contributed by atoms with Crippen molar-refractivity contribution in [2.45, 2.75) is 139 Å². The van der Waals surface area contributed by atoms with Crippen molar-refractivity contribution < 1.29 is 99.6 Å². The number of carbonyl (C=O) groups excluding carboxylic acids is 6. The van der Waals surface area contributed by atoms with Gasteiger partial charge in [-0.15, -0.1) is 0 Å². The van der Waals surface area contributed by atoms with E-state index in [1.165, 1.54) is 0 Å². The summed E-state index contributed by atoms with van der Waals surface area (Å²) < 4.78 is 0. The summed E-state index contributed by atoms with van der Waals surface area (Å²) in [6.07, 6.45) is -2.38. The third kappa shape index (κ3) is 12.8. The fourth-order valence-electron chi connectivity index (χ4n) is 11.3. The van der Waals surface area contributed by atoms with E-state index in [1.807, 2.05) is 0 Å². The fourth-order valence-corrected chi connectivity index (χ4v) is 11.3. The van der Waals surface area contributed by atoms with E-state index in [0.717, 1.165) is 9.80 Å². The molecule has 0 bridgehead atoms. The zero-order valence-electron chi connectivity index (χ0n) is 43.8. The molecule has 0 radical (unpaired) electrons. The summed E-state index contributed by atoms with van der Waals surface area (Å²) in [4.78, 5) is 155. The van der Waals surface area contributed by atoms with Gasteiger partial charge in [0.05, 0.1) is 0 Å². The van der Waals surface area contributed by atoms with E-state index in [1.54, 1.807) is 48.5 Å². The highest BCUT2D eigenvalue weighted by atomic mass is 16.4. The van der Waals surface area contributed by atoms with Crippen molar-refractivity contribution in [1.29, 1.82) is 0 Å². The van der Waals surface area contributed by atoms with Crippen molar-refractivity contribution in [2.75, 3.05) is 13.1 Å². The number of hydrogen-bond donors (Lipinski definition) is 10. The second-order valence-corrected chi connectivity index (χ2v) is 21.0. The maximum absolute atomic E-state index is 14.2. The minimum absolute atomic E-state index is 0.0101. The Balaban J connectivity index is 1.03. The monoisotopic (exact) mass is 1110 g/mol. The van der Waals surface area contributed by atoms with E-state index < -0.39 is 133 Å². The lowest BCUT2D eigenvalue weighted by molar-refractivity contribution is -0.405. The molecule has 24 heteroatoms. The van der Waals surface area contributed by atoms with Gasteiger partial charge < -0.3 is 52.7 Å². The van der Waals surface area contributed by atoms with Crippen LogP contribution in [-0.4, -0.2) is 148 Å². The van der Waals surface area contributed by atoms with Crippen molar-refractivity contribution >= 4 is 114 Å². The van der Waals surface area contributed by atoms with Crippen molar-refractivity contribution in [2.24, 2.45) is 0 Å². The maximum Gasteiger partial charge on any atom is 0.303 e. The average Bonchev–Trinajstić information content (AvgIpc) is 3.43. The molecule has 24 nitrogen and oxygen atoms in total. The highest BCUT2D eigenvalue weighted by molar-refractivity contribution is 6.41. The summed E-state index contributed by atoms with van der Waals surface area (Å²) >= 11 is 0. The Morgan fingerprint density at radius 1 is 0.388 bits per heavy atom. The van der Waals surface area contributed by atoms with Crippen molar-refractivity contribution in [3.05, 3.63) is 70.8 Å². The molecule has 0 aliphatic carbocycles. The number of amides is 6. The van der Waals surface area contributed by atoms with E-state index in [4.69, 9.17) is 0 Å². The third-order valence-corrected chi connectivity index (χ3v) is 15.6. The first kappa shape index (κ1) is 59.0. The van der Waals surface area contributed by atoms with Crippen LogP contribution in [0.5, 0.6) is 0 Å². The molecule has 0 aromatic heterocycles. The van der Waals surface area contributed by atoms with Gasteiger partial charge in [-0.25, -0.2) is 0 Å². The Kier molecular flexibility index (Phi) is 18.1. The number of unbranched alkanes of at least 4 members (excludes halogenated alkanes) is 2. The number of aliphatic carboxylic acids is 6. The molecule has 0 spiro atoms. The molecule has 0 saturated heterocycles. The minimum atomic E-state index is -1.43. The normalized spacial score (nSPS) is 14.3. The van der Waals surface area contributed by atoms with Gasteiger partial charge in [-0.1, -0.05) is 24.3 Å². The third-order valence-electron chi connectivity index (χ3n) is 15.6. The lowest BCUT2D eigenvalue weighted by Gasteiger charge is -2.34. The predicted octanol–water partition coefficient (Wildman–Crippen LogP) is 3.39. The van der Waals surface area contributed by atoms with Gasteiger partial charge in [-0.2, -0.15) is 0 Å². The topological polar surface area (TPSA) is 412 Å². The number of carbonyl (C=O) groups is 12. The lowest BCUT2D eigenvalue weighted by Crippen LogP contribution is -2.69. The zero-order chi connectivity index (χ0) is 58.4. The van der Waals surface area contributed by atoms with Gasteiger partial charge in [0.25, 0.3) is 35.4 Å². The first-order chi connectivity index (χ1) is 37.9. The number of fused-ring (bicyclic) bond motifs is 2. The standard InChI is InChI=1S/C56H62N6O18/c57-37(49(75)59-55(21-15-39(63)64,22-16-40(65)66)23-17-41(67)68)5-1-3-27-61-51(77)33-11-7-29-31-9-13-35-48-36(14-10-32(46(31)48)30-8-12-34(52(61)78)47(33)45(29)30)54(80)62(53(35)79)28-4-2-6-38(58)50(76)60-56(24-18-42(69)70,25-19-43(71)72)26-20-44(73)74/h7-14,37-38H,1-6,15-28,57-58H2,(H,59,75)(H,60,76)(H,63,64)(H,65,66)(H,67,68)(H,69,70)(H,71,72)(H,73,74)/p+2/t37-,38-/m0/s1. The summed E-state index contributed by atoms with van der Waals surface area (Å²) in [7, 11) is 0. The molecule has 6 amide bonds. The van der Waals surface area contributed by atoms with Gasteiger partial charge in [-0.05, 0) is 121 Å². The number of benzene rings is 5. The van der Waals surface area contributed by atoms with Crippen LogP contribution in [0.4, 0.5) is 0 Å². The summed E-state index contributed by atoms with van der Waals surface area (Å²) in [5.74, 6) is -10.6. The summed E-state index contributed by atoms with van der Waals surface area (Å²) in [6, 6.07) is 11.8.